The molecule has 0 unspecified atom stereocenters. The number of rotatable bonds is 6. The van der Waals surface area contributed by atoms with Gasteiger partial charge in [-0.2, -0.15) is 10.1 Å². The van der Waals surface area contributed by atoms with Gasteiger partial charge in [0.05, 0.1) is 18.4 Å². The second-order valence-electron chi connectivity index (χ2n) is 6.23. The number of nitrogens with one attached hydrogen (secondary N) is 3. The van der Waals surface area contributed by atoms with E-state index in [-0.39, 0.29) is 23.8 Å². The minimum absolute atomic E-state index is 0.0248. The Labute approximate surface area is 158 Å². The second-order valence-corrected chi connectivity index (χ2v) is 6.23. The molecular formula is C18H18N8O2. The average Bonchev–Trinajstić information content (AvgIpc) is 3.30. The van der Waals surface area contributed by atoms with Crippen molar-refractivity contribution in [1.82, 2.24) is 35.0 Å². The van der Waals surface area contributed by atoms with Gasteiger partial charge in [-0.05, 0) is 6.07 Å². The summed E-state index contributed by atoms with van der Waals surface area (Å²) in [5.74, 6) is -0.116. The fraction of sp³-hybridized carbons (Fsp3) is 0.167. The topological polar surface area (TPSA) is 147 Å². The number of aromatic nitrogens is 6. The number of carbonyl (C=O) groups excluding carboxylic acids is 1. The second kappa shape index (κ2) is 7.35. The average molecular weight is 378 g/mol. The number of benzene rings is 1. The van der Waals surface area contributed by atoms with Crippen LogP contribution in [-0.2, 0) is 17.8 Å². The van der Waals surface area contributed by atoms with E-state index in [9.17, 15) is 9.59 Å². The summed E-state index contributed by atoms with van der Waals surface area (Å²) in [5, 5.41) is 9.96. The summed E-state index contributed by atoms with van der Waals surface area (Å²) in [6, 6.07) is 11.6. The molecule has 0 atom stereocenters. The monoisotopic (exact) mass is 378 g/mol. The predicted octanol–water partition coefficient (Wildman–Crippen LogP) is 0.451. The first kappa shape index (κ1) is 17.5. The molecule has 142 valence electrons. The van der Waals surface area contributed by atoms with Gasteiger partial charge in [0.2, 0.25) is 11.9 Å². The van der Waals surface area contributed by atoms with Crippen LogP contribution in [0.15, 0.2) is 47.5 Å². The quantitative estimate of drug-likeness (QED) is 0.383. The van der Waals surface area contributed by atoms with Crippen molar-refractivity contribution in [3.63, 3.8) is 0 Å². The maximum atomic E-state index is 12.2. The first-order chi connectivity index (χ1) is 13.6. The maximum absolute atomic E-state index is 12.2. The number of H-pyrrole nitrogens is 2. The van der Waals surface area contributed by atoms with E-state index in [0.717, 1.165) is 17.0 Å². The Morgan fingerprint density at radius 3 is 2.89 bits per heavy atom. The van der Waals surface area contributed by atoms with Gasteiger partial charge in [0.15, 0.2) is 11.2 Å². The molecule has 10 nitrogen and oxygen atoms in total. The van der Waals surface area contributed by atoms with Crippen molar-refractivity contribution in [2.45, 2.75) is 13.0 Å². The summed E-state index contributed by atoms with van der Waals surface area (Å²) >= 11 is 0. The molecule has 10 heteroatoms. The smallest absolute Gasteiger partial charge is 0.280 e. The van der Waals surface area contributed by atoms with Gasteiger partial charge in [-0.25, -0.2) is 4.98 Å². The van der Waals surface area contributed by atoms with E-state index in [4.69, 9.17) is 5.73 Å². The number of hydrogen-bond donors (Lipinski definition) is 4. The van der Waals surface area contributed by atoms with Crippen LogP contribution in [0, 0.1) is 0 Å². The molecule has 0 saturated carbocycles. The van der Waals surface area contributed by atoms with E-state index < -0.39 is 5.56 Å². The van der Waals surface area contributed by atoms with E-state index in [1.54, 1.807) is 4.57 Å². The molecule has 0 aliphatic carbocycles. The van der Waals surface area contributed by atoms with Crippen LogP contribution in [0.4, 0.5) is 5.95 Å². The zero-order valence-corrected chi connectivity index (χ0v) is 14.8. The summed E-state index contributed by atoms with van der Waals surface area (Å²) in [6.07, 6.45) is 1.69. The molecule has 28 heavy (non-hydrogen) atoms. The molecule has 0 spiro atoms. The Hall–Kier alpha value is -3.95. The molecule has 1 aromatic carbocycles. The Kier molecular flexibility index (Phi) is 4.58. The fourth-order valence-corrected chi connectivity index (χ4v) is 2.89. The van der Waals surface area contributed by atoms with Crippen LogP contribution in [0.5, 0.6) is 0 Å². The number of anilines is 1. The van der Waals surface area contributed by atoms with Gasteiger partial charge >= 0.3 is 0 Å². The minimum Gasteiger partial charge on any atom is -0.369 e. The molecule has 3 aromatic heterocycles. The fourth-order valence-electron chi connectivity index (χ4n) is 2.89. The normalized spacial score (nSPS) is 11.0. The standard InChI is InChI=1S/C18H18N8O2/c19-18-22-16-15(17(28)23-18)21-10-26(16)7-6-20-14(27)9-12-8-13(25-24-12)11-4-2-1-3-5-11/h1-5,8,10H,6-7,9H2,(H,20,27)(H,24,25)(H3,19,22,23,28). The third-order valence-corrected chi connectivity index (χ3v) is 4.22. The SMILES string of the molecule is Nc1nc2c(ncn2CCNC(=O)Cc2cc(-c3ccccc3)n[nH]2)c(=O)[nH]1. The van der Waals surface area contributed by atoms with Crippen LogP contribution >= 0.6 is 0 Å². The first-order valence-electron chi connectivity index (χ1n) is 8.67. The van der Waals surface area contributed by atoms with Gasteiger partial charge in [-0.3, -0.25) is 19.7 Å². The Morgan fingerprint density at radius 1 is 1.25 bits per heavy atom. The number of carbonyl (C=O) groups is 1. The van der Waals surface area contributed by atoms with E-state index in [1.165, 1.54) is 6.33 Å². The van der Waals surface area contributed by atoms with Crippen LogP contribution in [-0.4, -0.2) is 42.2 Å². The van der Waals surface area contributed by atoms with Crippen molar-refractivity contribution in [2.75, 3.05) is 12.3 Å². The summed E-state index contributed by atoms with van der Waals surface area (Å²) in [4.78, 5) is 34.5. The third-order valence-electron chi connectivity index (χ3n) is 4.22. The molecule has 4 rings (SSSR count). The van der Waals surface area contributed by atoms with Crippen molar-refractivity contribution in [3.05, 3.63) is 58.8 Å². The van der Waals surface area contributed by atoms with E-state index in [0.29, 0.717) is 18.7 Å². The largest absolute Gasteiger partial charge is 0.369 e. The molecule has 0 saturated heterocycles. The number of hydrogen-bond acceptors (Lipinski definition) is 6. The van der Waals surface area contributed by atoms with Gasteiger partial charge < -0.3 is 15.6 Å². The van der Waals surface area contributed by atoms with Crippen LogP contribution in [0.25, 0.3) is 22.4 Å². The maximum Gasteiger partial charge on any atom is 0.280 e. The lowest BCUT2D eigenvalue weighted by atomic mass is 10.1. The van der Waals surface area contributed by atoms with E-state index in [2.05, 4.69) is 30.5 Å². The molecule has 0 aliphatic rings. The van der Waals surface area contributed by atoms with Gasteiger partial charge in [-0.1, -0.05) is 30.3 Å². The Bertz CT molecular complexity index is 1180. The lowest BCUT2D eigenvalue weighted by Gasteiger charge is -2.06. The first-order valence-corrected chi connectivity index (χ1v) is 8.67. The van der Waals surface area contributed by atoms with Crippen molar-refractivity contribution in [3.8, 4) is 11.3 Å². The van der Waals surface area contributed by atoms with Crippen molar-refractivity contribution in [1.29, 1.82) is 0 Å². The summed E-state index contributed by atoms with van der Waals surface area (Å²) in [6.45, 7) is 0.773. The van der Waals surface area contributed by atoms with Crippen LogP contribution in [0.1, 0.15) is 5.69 Å². The zero-order chi connectivity index (χ0) is 19.5. The highest BCUT2D eigenvalue weighted by Crippen LogP contribution is 2.17. The number of nitrogen functional groups attached to an aromatic ring is 1. The number of imidazole rings is 1. The van der Waals surface area contributed by atoms with Gasteiger partial charge in [0.1, 0.15) is 0 Å². The molecule has 0 fully saturated rings. The van der Waals surface area contributed by atoms with Gasteiger partial charge in [0.25, 0.3) is 5.56 Å². The van der Waals surface area contributed by atoms with Crippen LogP contribution in [0.2, 0.25) is 0 Å². The van der Waals surface area contributed by atoms with Crippen molar-refractivity contribution in [2.24, 2.45) is 0 Å². The predicted molar refractivity (Wildman–Crippen MR) is 103 cm³/mol. The van der Waals surface area contributed by atoms with Crippen LogP contribution < -0.4 is 16.6 Å². The van der Waals surface area contributed by atoms with Crippen LogP contribution in [0.3, 0.4) is 0 Å². The number of fused-ring (bicyclic) bond motifs is 1. The number of aromatic amines is 2. The third kappa shape index (κ3) is 3.61. The van der Waals surface area contributed by atoms with Crippen molar-refractivity contribution < 1.29 is 4.79 Å². The molecule has 0 radical (unpaired) electrons. The summed E-state index contributed by atoms with van der Waals surface area (Å²) in [5.41, 5.74) is 8.29. The number of nitrogens with zero attached hydrogens (tertiary/aromatic N) is 4. The molecule has 1 amide bonds. The minimum atomic E-state index is -0.390. The molecule has 4 aromatic rings. The number of nitrogens with two attached hydrogens (primary N) is 1. The molecule has 0 aliphatic heterocycles. The van der Waals surface area contributed by atoms with E-state index >= 15 is 0 Å². The summed E-state index contributed by atoms with van der Waals surface area (Å²) in [7, 11) is 0. The van der Waals surface area contributed by atoms with Gasteiger partial charge in [0, 0.05) is 24.3 Å². The molecule has 3 heterocycles. The molecule has 0 bridgehead atoms. The van der Waals surface area contributed by atoms with E-state index in [1.807, 2.05) is 36.4 Å². The molecular weight excluding hydrogens is 360 g/mol. The Morgan fingerprint density at radius 2 is 2.07 bits per heavy atom. The zero-order valence-electron chi connectivity index (χ0n) is 14.8. The summed E-state index contributed by atoms with van der Waals surface area (Å²) < 4.78 is 1.67. The lowest BCUT2D eigenvalue weighted by Crippen LogP contribution is -2.28. The Balaban J connectivity index is 1.34. The molecule has 5 N–H and O–H groups in total. The highest BCUT2D eigenvalue weighted by Gasteiger charge is 2.11. The highest BCUT2D eigenvalue weighted by molar-refractivity contribution is 5.78. The highest BCUT2D eigenvalue weighted by atomic mass is 16.1. The van der Waals surface area contributed by atoms with Crippen molar-refractivity contribution >= 4 is 23.0 Å². The number of amides is 1. The lowest BCUT2D eigenvalue weighted by molar-refractivity contribution is -0.120. The van der Waals surface area contributed by atoms with Gasteiger partial charge in [-0.15, -0.1) is 0 Å².